The van der Waals surface area contributed by atoms with Gasteiger partial charge in [0.2, 0.25) is 0 Å². The Morgan fingerprint density at radius 3 is 1.59 bits per heavy atom. The van der Waals surface area contributed by atoms with Crippen LogP contribution in [0.5, 0.6) is 5.75 Å². The Balaban J connectivity index is 1.27. The Kier molecular flexibility index (Phi) is 12.4. The lowest BCUT2D eigenvalue weighted by atomic mass is 9.71. The van der Waals surface area contributed by atoms with Gasteiger partial charge in [0.05, 0.1) is 62.1 Å². The Labute approximate surface area is 339 Å². The number of hydrogen-bond donors (Lipinski definition) is 0. The molecule has 7 rings (SSSR count). The van der Waals surface area contributed by atoms with Crippen LogP contribution in [0.25, 0.3) is 0 Å². The number of ether oxygens (including phenoxy) is 5. The van der Waals surface area contributed by atoms with Gasteiger partial charge in [-0.3, -0.25) is 4.79 Å². The average Bonchev–Trinajstić information content (AvgIpc) is 3.25. The zero-order chi connectivity index (χ0) is 41.0. The van der Waals surface area contributed by atoms with Gasteiger partial charge in [-0.1, -0.05) is 157 Å². The smallest absolute Gasteiger partial charge is 0.151 e. The minimum atomic E-state index is -2.55. The van der Waals surface area contributed by atoms with Gasteiger partial charge in [-0.05, 0) is 63.6 Å². The monoisotopic (exact) mass is 769 g/mol. The highest BCUT2D eigenvalue weighted by Gasteiger charge is 2.53. The van der Waals surface area contributed by atoms with E-state index in [1.54, 1.807) is 12.1 Å². The number of hydrogen-bond acceptors (Lipinski definition) is 6. The normalized spacial score (nSPS) is 20.5. The number of rotatable bonds is 17. The predicted molar refractivity (Wildman–Crippen MR) is 220 cm³/mol. The van der Waals surface area contributed by atoms with Crippen molar-refractivity contribution in [1.82, 2.24) is 0 Å². The molecule has 0 radical (unpaired) electrons. The molecule has 0 aromatic heterocycles. The van der Waals surface area contributed by atoms with E-state index in [0.29, 0.717) is 18.1 Å². The van der Waals surface area contributed by atoms with Crippen molar-refractivity contribution in [3.63, 3.8) is 0 Å². The molecule has 1 aliphatic rings. The lowest BCUT2D eigenvalue weighted by Crippen LogP contribution is -2.59. The Morgan fingerprint density at radius 1 is 0.554 bits per heavy atom. The topological polar surface area (TPSA) is 63.2 Å². The van der Waals surface area contributed by atoms with Gasteiger partial charge < -0.3 is 23.7 Å². The second-order valence-corrected chi connectivity index (χ2v) is 14.5. The fourth-order valence-corrected chi connectivity index (χ4v) is 7.46. The maximum absolute atomic E-state index is 15.3. The number of benzene rings is 6. The fourth-order valence-electron chi connectivity index (χ4n) is 7.28. The van der Waals surface area contributed by atoms with Crippen LogP contribution in [-0.4, -0.2) is 37.7 Å². The molecule has 0 saturated heterocycles. The Bertz CT molecular complexity index is 2210. The SMILES string of the molecule is [2H]C([2H])([2H])Oc1ccc(Cc2cc([C@@H]3C(=O)[C@H](COCc4ccccc4)[C@@H](OCc4ccccc4)[C@H](OCc4ccccc4)[C@H]3OCc3ccccc3)ccc2Cl)cc1. The van der Waals surface area contributed by atoms with Crippen molar-refractivity contribution >= 4 is 17.4 Å². The van der Waals surface area contributed by atoms with Crippen LogP contribution in [0.1, 0.15) is 49.0 Å². The highest BCUT2D eigenvalue weighted by molar-refractivity contribution is 6.31. The van der Waals surface area contributed by atoms with E-state index in [2.05, 4.69) is 0 Å². The number of ketones is 1. The van der Waals surface area contributed by atoms with Crippen LogP contribution in [0.15, 0.2) is 164 Å². The summed E-state index contributed by atoms with van der Waals surface area (Å²) >= 11 is 6.86. The average molecular weight is 770 g/mol. The van der Waals surface area contributed by atoms with E-state index in [4.69, 9.17) is 39.4 Å². The Hall–Kier alpha value is -5.08. The van der Waals surface area contributed by atoms with Crippen LogP contribution >= 0.6 is 11.6 Å². The van der Waals surface area contributed by atoms with Crippen molar-refractivity contribution in [2.75, 3.05) is 13.6 Å². The van der Waals surface area contributed by atoms with Gasteiger partial charge in [0.25, 0.3) is 0 Å². The first-order chi connectivity index (χ1) is 28.7. The van der Waals surface area contributed by atoms with E-state index in [0.717, 1.165) is 38.9 Å². The molecule has 1 aliphatic carbocycles. The molecule has 0 N–H and O–H groups in total. The fraction of sp³-hybridized carbons (Fsp3) is 0.245. The zero-order valence-electron chi connectivity index (χ0n) is 34.0. The van der Waals surface area contributed by atoms with Crippen LogP contribution in [0.4, 0.5) is 0 Å². The van der Waals surface area contributed by atoms with Crippen LogP contribution in [0.2, 0.25) is 5.02 Å². The van der Waals surface area contributed by atoms with E-state index in [-0.39, 0.29) is 38.0 Å². The van der Waals surface area contributed by atoms with Gasteiger partial charge in [0.15, 0.2) is 5.78 Å². The van der Waals surface area contributed by atoms with E-state index < -0.39 is 37.2 Å². The molecule has 0 amide bonds. The number of halogens is 1. The molecule has 6 aromatic carbocycles. The number of carbonyl (C=O) groups excluding carboxylic acids is 1. The second kappa shape index (κ2) is 19.7. The molecular weight excluding hydrogens is 720 g/mol. The summed E-state index contributed by atoms with van der Waals surface area (Å²) in [5, 5.41) is 0.533. The summed E-state index contributed by atoms with van der Waals surface area (Å²) in [7, 11) is -2.55. The third kappa shape index (κ3) is 10.2. The molecule has 0 spiro atoms. The summed E-state index contributed by atoms with van der Waals surface area (Å²) in [5.74, 6) is -1.32. The standard InChI is InChI=1S/C49H47ClO6/c1-52-42-25-22-35(23-26-42)28-41-29-40(24-27-44(41)50)45-46(51)43(34-53-30-36-14-6-2-7-15-36)47(54-31-37-16-8-3-9-17-37)49(56-33-39-20-12-5-13-21-39)48(45)55-32-38-18-10-4-11-19-38/h2-27,29,43,45,47-49H,28,30-34H2,1H3/t43-,45+,47+,48-,49-/m0/s1/i1D3. The highest BCUT2D eigenvalue weighted by Crippen LogP contribution is 2.41. The molecule has 6 aromatic rings. The zero-order valence-corrected chi connectivity index (χ0v) is 31.8. The first-order valence-corrected chi connectivity index (χ1v) is 19.3. The first kappa shape index (κ1) is 35.3. The molecule has 0 aliphatic heterocycles. The molecule has 7 heteroatoms. The van der Waals surface area contributed by atoms with Gasteiger partial charge in [-0.25, -0.2) is 0 Å². The van der Waals surface area contributed by atoms with Crippen molar-refractivity contribution in [3.05, 3.63) is 208 Å². The van der Waals surface area contributed by atoms with Gasteiger partial charge in [-0.2, -0.15) is 0 Å². The molecular formula is C49H47ClO6. The number of carbonyl (C=O) groups is 1. The van der Waals surface area contributed by atoms with Crippen molar-refractivity contribution in [2.45, 2.75) is 57.1 Å². The lowest BCUT2D eigenvalue weighted by molar-refractivity contribution is -0.200. The molecule has 1 saturated carbocycles. The summed E-state index contributed by atoms with van der Waals surface area (Å²) in [4.78, 5) is 15.3. The third-order valence-corrected chi connectivity index (χ3v) is 10.5. The molecule has 0 unspecified atom stereocenters. The van der Waals surface area contributed by atoms with Crippen LogP contribution in [0.3, 0.4) is 0 Å². The second-order valence-electron chi connectivity index (χ2n) is 14.0. The maximum Gasteiger partial charge on any atom is 0.151 e. The van der Waals surface area contributed by atoms with Crippen LogP contribution in [0, 0.1) is 5.92 Å². The van der Waals surface area contributed by atoms with E-state index >= 15 is 4.79 Å². The third-order valence-electron chi connectivity index (χ3n) is 10.2. The minimum Gasteiger partial charge on any atom is -0.497 e. The molecule has 5 atom stereocenters. The molecule has 0 heterocycles. The molecule has 286 valence electrons. The number of methoxy groups -OCH3 is 1. The first-order valence-electron chi connectivity index (χ1n) is 20.4. The maximum atomic E-state index is 15.3. The van der Waals surface area contributed by atoms with Crippen molar-refractivity contribution in [2.24, 2.45) is 5.92 Å². The molecule has 56 heavy (non-hydrogen) atoms. The van der Waals surface area contributed by atoms with Gasteiger partial charge in [0, 0.05) is 5.02 Å². The summed E-state index contributed by atoms with van der Waals surface area (Å²) in [6.45, 7) is 1.20. The summed E-state index contributed by atoms with van der Waals surface area (Å²) < 4.78 is 54.4. The van der Waals surface area contributed by atoms with Gasteiger partial charge in [-0.15, -0.1) is 0 Å². The lowest BCUT2D eigenvalue weighted by Gasteiger charge is -2.45. The minimum absolute atomic E-state index is 0.0758. The predicted octanol–water partition coefficient (Wildman–Crippen LogP) is 10.2. The quantitative estimate of drug-likeness (QED) is 0.0921. The van der Waals surface area contributed by atoms with Crippen molar-refractivity contribution < 1.29 is 32.6 Å². The highest BCUT2D eigenvalue weighted by atomic mass is 35.5. The van der Waals surface area contributed by atoms with Crippen LogP contribution in [-0.2, 0) is 56.6 Å². The van der Waals surface area contributed by atoms with Gasteiger partial charge >= 0.3 is 0 Å². The summed E-state index contributed by atoms with van der Waals surface area (Å²) in [6, 6.07) is 52.1. The molecule has 1 fully saturated rings. The van der Waals surface area contributed by atoms with Crippen molar-refractivity contribution in [1.29, 1.82) is 0 Å². The largest absolute Gasteiger partial charge is 0.497 e. The van der Waals surface area contributed by atoms with E-state index in [1.807, 2.05) is 152 Å². The number of Topliss-reactive ketones (excluding diaryl/α,β-unsaturated/α-hetero) is 1. The molecule has 0 bridgehead atoms. The Morgan fingerprint density at radius 2 is 1.05 bits per heavy atom. The van der Waals surface area contributed by atoms with E-state index in [1.165, 1.54) is 0 Å². The van der Waals surface area contributed by atoms with Gasteiger partial charge in [0.1, 0.15) is 18.0 Å². The summed E-state index contributed by atoms with van der Waals surface area (Å²) in [6.07, 6.45) is -1.75. The van der Waals surface area contributed by atoms with E-state index in [9.17, 15) is 0 Å². The van der Waals surface area contributed by atoms with Crippen molar-refractivity contribution in [3.8, 4) is 5.75 Å². The molecule has 6 nitrogen and oxygen atoms in total. The van der Waals surface area contributed by atoms with Crippen LogP contribution < -0.4 is 4.74 Å². The summed E-state index contributed by atoms with van der Waals surface area (Å²) in [5.41, 5.74) is 6.32.